The minimum Gasteiger partial charge on any atom is -0.496 e. The van der Waals surface area contributed by atoms with Gasteiger partial charge < -0.3 is 10.5 Å². The van der Waals surface area contributed by atoms with Gasteiger partial charge in [-0.05, 0) is 17.7 Å². The molecule has 0 atom stereocenters. The topological polar surface area (TPSA) is 63.9 Å². The van der Waals surface area contributed by atoms with Crippen molar-refractivity contribution in [3.63, 3.8) is 0 Å². The zero-order valence-electron chi connectivity index (χ0n) is 10.7. The van der Waals surface area contributed by atoms with Gasteiger partial charge in [0.15, 0.2) is 5.82 Å². The molecule has 4 nitrogen and oxygen atoms in total. The summed E-state index contributed by atoms with van der Waals surface area (Å²) in [6.45, 7) is 0. The van der Waals surface area contributed by atoms with Crippen LogP contribution in [0.4, 0.5) is 5.82 Å². The fraction of sp³-hybridized carbons (Fsp3) is 0.0714. The number of H-pyrrole nitrogens is 1. The number of halogens is 1. The number of hydrogen-bond donors (Lipinski definition) is 2. The SMILES string of the molecule is COc1csc(-c2[nH]nc(N)c2-c2cccc(Br)c2)c1. The van der Waals surface area contributed by atoms with E-state index in [1.165, 1.54) is 0 Å². The highest BCUT2D eigenvalue weighted by Crippen LogP contribution is 2.39. The number of anilines is 1. The molecule has 0 saturated heterocycles. The standard InChI is InChI=1S/C14H12BrN3OS/c1-19-10-6-11(20-7-10)13-12(14(16)18-17-13)8-3-2-4-9(15)5-8/h2-7H,1H3,(H3,16,17,18). The number of nitrogens with one attached hydrogen (secondary N) is 1. The number of nitrogens with zero attached hydrogens (tertiary/aromatic N) is 1. The summed E-state index contributed by atoms with van der Waals surface area (Å²) in [5, 5.41) is 9.10. The lowest BCUT2D eigenvalue weighted by Crippen LogP contribution is -1.88. The van der Waals surface area contributed by atoms with E-state index in [1.54, 1.807) is 18.4 Å². The molecule has 2 heterocycles. The summed E-state index contributed by atoms with van der Waals surface area (Å²) in [6, 6.07) is 9.97. The lowest BCUT2D eigenvalue weighted by atomic mass is 10.0. The molecular formula is C14H12BrN3OS. The van der Waals surface area contributed by atoms with Gasteiger partial charge in [0.05, 0.1) is 23.2 Å². The zero-order chi connectivity index (χ0) is 14.1. The highest BCUT2D eigenvalue weighted by atomic mass is 79.9. The molecule has 0 spiro atoms. The molecule has 3 rings (SSSR count). The van der Waals surface area contributed by atoms with Crippen LogP contribution < -0.4 is 10.5 Å². The van der Waals surface area contributed by atoms with Crippen molar-refractivity contribution in [2.24, 2.45) is 0 Å². The molecule has 1 aromatic carbocycles. The van der Waals surface area contributed by atoms with E-state index in [9.17, 15) is 0 Å². The maximum atomic E-state index is 6.02. The Bertz CT molecular complexity index is 750. The fourth-order valence-electron chi connectivity index (χ4n) is 2.03. The van der Waals surface area contributed by atoms with Gasteiger partial charge in [0.2, 0.25) is 0 Å². The molecule has 0 saturated carbocycles. The predicted octanol–water partition coefficient (Wildman–Crippen LogP) is 4.16. The minimum atomic E-state index is 0.491. The molecule has 6 heteroatoms. The number of aromatic amines is 1. The summed E-state index contributed by atoms with van der Waals surface area (Å²) >= 11 is 5.07. The smallest absolute Gasteiger partial charge is 0.153 e. The number of ether oxygens (including phenoxy) is 1. The second-order valence-electron chi connectivity index (χ2n) is 4.22. The van der Waals surface area contributed by atoms with E-state index in [-0.39, 0.29) is 0 Å². The van der Waals surface area contributed by atoms with Crippen LogP contribution in [0.25, 0.3) is 21.7 Å². The molecule has 0 fully saturated rings. The first-order chi connectivity index (χ1) is 9.69. The maximum absolute atomic E-state index is 6.02. The summed E-state index contributed by atoms with van der Waals surface area (Å²) in [5.74, 6) is 1.32. The summed E-state index contributed by atoms with van der Waals surface area (Å²) in [4.78, 5) is 1.04. The van der Waals surface area contributed by atoms with Gasteiger partial charge in [0.1, 0.15) is 5.75 Å². The van der Waals surface area contributed by atoms with Crippen molar-refractivity contribution in [2.45, 2.75) is 0 Å². The molecule has 2 aromatic heterocycles. The molecule has 0 bridgehead atoms. The molecule has 0 amide bonds. The largest absolute Gasteiger partial charge is 0.496 e. The molecular weight excluding hydrogens is 338 g/mol. The summed E-state index contributed by atoms with van der Waals surface area (Å²) in [7, 11) is 1.66. The second-order valence-corrected chi connectivity index (χ2v) is 6.05. The van der Waals surface area contributed by atoms with Crippen LogP contribution in [0.1, 0.15) is 0 Å². The van der Waals surface area contributed by atoms with E-state index >= 15 is 0 Å². The van der Waals surface area contributed by atoms with Crippen molar-refractivity contribution < 1.29 is 4.74 Å². The average molecular weight is 350 g/mol. The molecule has 3 N–H and O–H groups in total. The van der Waals surface area contributed by atoms with Crippen LogP contribution in [-0.4, -0.2) is 17.3 Å². The Morgan fingerprint density at radius 2 is 2.20 bits per heavy atom. The third-order valence-corrected chi connectivity index (χ3v) is 4.38. The Labute approximate surface area is 128 Å². The van der Waals surface area contributed by atoms with E-state index in [1.807, 2.05) is 35.7 Å². The number of nitrogens with two attached hydrogens (primary N) is 1. The fourth-order valence-corrected chi connectivity index (χ4v) is 3.28. The Morgan fingerprint density at radius 1 is 1.35 bits per heavy atom. The Kier molecular flexibility index (Phi) is 3.50. The van der Waals surface area contributed by atoms with Gasteiger partial charge in [-0.15, -0.1) is 11.3 Å². The lowest BCUT2D eigenvalue weighted by Gasteiger charge is -2.03. The first kappa shape index (κ1) is 13.2. The summed E-state index contributed by atoms with van der Waals surface area (Å²) in [6.07, 6.45) is 0. The van der Waals surface area contributed by atoms with Gasteiger partial charge in [-0.2, -0.15) is 5.10 Å². The van der Waals surface area contributed by atoms with Crippen molar-refractivity contribution in [3.05, 3.63) is 40.2 Å². The van der Waals surface area contributed by atoms with Crippen LogP contribution in [0.15, 0.2) is 40.2 Å². The molecule has 3 aromatic rings. The van der Waals surface area contributed by atoms with Gasteiger partial charge in [0.25, 0.3) is 0 Å². The number of hydrogen-bond acceptors (Lipinski definition) is 4. The van der Waals surface area contributed by atoms with Crippen molar-refractivity contribution in [2.75, 3.05) is 12.8 Å². The first-order valence-corrected chi connectivity index (χ1v) is 7.59. The highest BCUT2D eigenvalue weighted by Gasteiger charge is 2.16. The van der Waals surface area contributed by atoms with Gasteiger partial charge in [-0.1, -0.05) is 28.1 Å². The van der Waals surface area contributed by atoms with E-state index in [4.69, 9.17) is 10.5 Å². The predicted molar refractivity (Wildman–Crippen MR) is 86.0 cm³/mol. The Hall–Kier alpha value is -1.79. The lowest BCUT2D eigenvalue weighted by molar-refractivity contribution is 0.417. The normalized spacial score (nSPS) is 10.7. The van der Waals surface area contributed by atoms with E-state index in [0.717, 1.165) is 31.9 Å². The second kappa shape index (κ2) is 5.30. The number of benzene rings is 1. The van der Waals surface area contributed by atoms with Crippen LogP contribution in [-0.2, 0) is 0 Å². The molecule has 0 aliphatic rings. The van der Waals surface area contributed by atoms with Crippen molar-refractivity contribution in [3.8, 4) is 27.4 Å². The zero-order valence-corrected chi connectivity index (χ0v) is 13.1. The highest BCUT2D eigenvalue weighted by molar-refractivity contribution is 9.10. The van der Waals surface area contributed by atoms with Gasteiger partial charge in [-0.3, -0.25) is 5.10 Å². The maximum Gasteiger partial charge on any atom is 0.153 e. The van der Waals surface area contributed by atoms with Crippen LogP contribution in [0.2, 0.25) is 0 Å². The summed E-state index contributed by atoms with van der Waals surface area (Å²) < 4.78 is 6.23. The third-order valence-electron chi connectivity index (χ3n) is 2.97. The quantitative estimate of drug-likeness (QED) is 0.746. The molecule has 20 heavy (non-hydrogen) atoms. The third kappa shape index (κ3) is 2.32. The van der Waals surface area contributed by atoms with E-state index in [0.29, 0.717) is 5.82 Å². The first-order valence-electron chi connectivity index (χ1n) is 5.91. The number of rotatable bonds is 3. The van der Waals surface area contributed by atoms with Gasteiger partial charge in [-0.25, -0.2) is 0 Å². The van der Waals surface area contributed by atoms with Crippen LogP contribution >= 0.6 is 27.3 Å². The average Bonchev–Trinajstić information content (AvgIpc) is 3.04. The number of thiophene rings is 1. The molecule has 102 valence electrons. The monoisotopic (exact) mass is 349 g/mol. The van der Waals surface area contributed by atoms with Crippen molar-refractivity contribution in [1.82, 2.24) is 10.2 Å². The Balaban J connectivity index is 2.14. The number of nitrogen functional groups attached to an aromatic ring is 1. The number of methoxy groups -OCH3 is 1. The molecule has 0 aliphatic heterocycles. The van der Waals surface area contributed by atoms with Gasteiger partial charge in [0, 0.05) is 15.9 Å². The molecule has 0 radical (unpaired) electrons. The van der Waals surface area contributed by atoms with Crippen molar-refractivity contribution in [1.29, 1.82) is 0 Å². The van der Waals surface area contributed by atoms with Crippen LogP contribution in [0.5, 0.6) is 5.75 Å². The van der Waals surface area contributed by atoms with Gasteiger partial charge >= 0.3 is 0 Å². The molecule has 0 aliphatic carbocycles. The minimum absolute atomic E-state index is 0.491. The Morgan fingerprint density at radius 3 is 2.90 bits per heavy atom. The van der Waals surface area contributed by atoms with Crippen LogP contribution in [0.3, 0.4) is 0 Å². The van der Waals surface area contributed by atoms with Crippen LogP contribution in [0, 0.1) is 0 Å². The van der Waals surface area contributed by atoms with Crippen molar-refractivity contribution >= 4 is 33.1 Å². The molecule has 0 unspecified atom stereocenters. The van der Waals surface area contributed by atoms with E-state index in [2.05, 4.69) is 26.1 Å². The number of aromatic nitrogens is 2. The summed E-state index contributed by atoms with van der Waals surface area (Å²) in [5.41, 5.74) is 8.86. The van der Waals surface area contributed by atoms with E-state index < -0.39 is 0 Å².